The number of nitrogens with one attached hydrogen (secondary N) is 1. The smallest absolute Gasteiger partial charge is 0.348 e. The summed E-state index contributed by atoms with van der Waals surface area (Å²) in [5.74, 6) is -1.75. The van der Waals surface area contributed by atoms with Crippen LogP contribution in [0.2, 0.25) is 5.02 Å². The lowest BCUT2D eigenvalue weighted by Crippen LogP contribution is -2.17. The lowest BCUT2D eigenvalue weighted by Gasteiger charge is -2.20. The number of carboxylic acids is 1. The molecule has 2 N–H and O–H groups in total. The van der Waals surface area contributed by atoms with Crippen molar-refractivity contribution in [2.24, 2.45) is 0 Å². The average molecular weight is 454 g/mol. The highest BCUT2D eigenvalue weighted by atomic mass is 35.5. The normalized spacial score (nSPS) is 13.1. The van der Waals surface area contributed by atoms with Gasteiger partial charge in [0, 0.05) is 12.0 Å². The van der Waals surface area contributed by atoms with Crippen LogP contribution in [0.3, 0.4) is 0 Å². The summed E-state index contributed by atoms with van der Waals surface area (Å²) in [5, 5.41) is 12.8. The minimum absolute atomic E-state index is 0.0394. The van der Waals surface area contributed by atoms with Gasteiger partial charge in [-0.05, 0) is 49.2 Å². The van der Waals surface area contributed by atoms with E-state index >= 15 is 0 Å². The number of hydrogen-bond acceptors (Lipinski definition) is 4. The third-order valence-corrected chi connectivity index (χ3v) is 7.97. The Balaban J connectivity index is 2.07. The summed E-state index contributed by atoms with van der Waals surface area (Å²) < 4.78 is 32.3. The second-order valence-corrected chi connectivity index (χ2v) is 10.1. The summed E-state index contributed by atoms with van der Waals surface area (Å²) in [4.78, 5) is 12.3. The van der Waals surface area contributed by atoms with Gasteiger partial charge < -0.3 is 14.7 Å². The van der Waals surface area contributed by atoms with Gasteiger partial charge in [-0.25, -0.2) is 9.18 Å². The summed E-state index contributed by atoms with van der Waals surface area (Å²) in [7, 11) is -2.28. The molecule has 0 fully saturated rings. The molecule has 5 nitrogen and oxygen atoms in total. The first-order valence-electron chi connectivity index (χ1n) is 8.49. The zero-order chi connectivity index (χ0) is 21.3. The van der Waals surface area contributed by atoms with Gasteiger partial charge >= 0.3 is 13.5 Å². The van der Waals surface area contributed by atoms with E-state index in [1.54, 1.807) is 12.1 Å². The highest BCUT2D eigenvalue weighted by Gasteiger charge is 2.30. The molecule has 1 atom stereocenters. The number of rotatable bonds is 6. The molecule has 0 aliphatic rings. The number of hydrogen-bond donors (Lipinski definition) is 2. The highest BCUT2D eigenvalue weighted by molar-refractivity contribution is 7.68. The largest absolute Gasteiger partial charge is 0.477 e. The van der Waals surface area contributed by atoms with Crippen molar-refractivity contribution in [1.82, 2.24) is 0 Å². The van der Waals surface area contributed by atoms with Gasteiger partial charge in [0.05, 0.1) is 16.0 Å². The lowest BCUT2D eigenvalue weighted by atomic mass is 10.2. The molecular weight excluding hydrogens is 436 g/mol. The quantitative estimate of drug-likeness (QED) is 0.441. The Morgan fingerprint density at radius 2 is 1.93 bits per heavy atom. The van der Waals surface area contributed by atoms with Gasteiger partial charge in [0.15, 0.2) is 0 Å². The number of aromatic carboxylic acids is 1. The van der Waals surface area contributed by atoms with E-state index in [-0.39, 0.29) is 15.6 Å². The van der Waals surface area contributed by atoms with Gasteiger partial charge in [-0.1, -0.05) is 35.4 Å². The van der Waals surface area contributed by atoms with Crippen LogP contribution in [0.4, 0.5) is 10.1 Å². The summed E-state index contributed by atoms with van der Waals surface area (Å²) in [6.07, 6.45) is 0. The molecule has 3 rings (SSSR count). The van der Waals surface area contributed by atoms with E-state index in [4.69, 9.17) is 16.1 Å². The minimum atomic E-state index is -3.59. The Morgan fingerprint density at radius 3 is 2.52 bits per heavy atom. The molecule has 2 aromatic carbocycles. The Bertz CT molecular complexity index is 1150. The molecule has 0 spiro atoms. The van der Waals surface area contributed by atoms with E-state index < -0.39 is 19.3 Å². The van der Waals surface area contributed by atoms with Crippen LogP contribution in [0, 0.1) is 19.7 Å². The molecule has 0 saturated carbocycles. The van der Waals surface area contributed by atoms with Crippen molar-refractivity contribution in [2.45, 2.75) is 13.8 Å². The maximum absolute atomic E-state index is 13.5. The molecule has 0 amide bonds. The van der Waals surface area contributed by atoms with Crippen LogP contribution in [-0.4, -0.2) is 18.2 Å². The van der Waals surface area contributed by atoms with Crippen LogP contribution < -0.4 is 10.4 Å². The van der Waals surface area contributed by atoms with Crippen LogP contribution >= 0.6 is 30.5 Å². The van der Waals surface area contributed by atoms with Crippen molar-refractivity contribution < 1.29 is 23.4 Å². The first kappa shape index (κ1) is 21.5. The average Bonchev–Trinajstić information content (AvgIpc) is 3.07. The minimum Gasteiger partial charge on any atom is -0.477 e. The van der Waals surface area contributed by atoms with Crippen LogP contribution in [0.25, 0.3) is 10.4 Å². The third-order valence-electron chi connectivity index (χ3n) is 4.32. The van der Waals surface area contributed by atoms with Gasteiger partial charge in [-0.3, -0.25) is 4.57 Å². The Hall–Kier alpha value is -2.18. The molecule has 152 valence electrons. The number of halogens is 2. The maximum atomic E-state index is 13.5. The zero-order valence-corrected chi connectivity index (χ0v) is 18.3. The maximum Gasteiger partial charge on any atom is 0.348 e. The summed E-state index contributed by atoms with van der Waals surface area (Å²) in [5.41, 5.74) is 2.48. The second-order valence-electron chi connectivity index (χ2n) is 6.42. The molecule has 0 saturated heterocycles. The Morgan fingerprint density at radius 1 is 1.21 bits per heavy atom. The number of anilines is 1. The van der Waals surface area contributed by atoms with Gasteiger partial charge in [0.1, 0.15) is 10.7 Å². The van der Waals surface area contributed by atoms with Crippen molar-refractivity contribution in [2.75, 3.05) is 12.2 Å². The summed E-state index contributed by atoms with van der Waals surface area (Å²) >= 11 is 6.81. The van der Waals surface area contributed by atoms with Gasteiger partial charge in [0.25, 0.3) is 0 Å². The first-order chi connectivity index (χ1) is 13.6. The number of thiophene rings is 1. The second kappa shape index (κ2) is 8.28. The number of carboxylic acid groups (broad SMARTS) is 1. The van der Waals surface area contributed by atoms with Crippen molar-refractivity contribution >= 4 is 47.4 Å². The summed E-state index contributed by atoms with van der Waals surface area (Å²) in [6, 6.07) is 11.1. The predicted octanol–water partition coefficient (Wildman–Crippen LogP) is 6.10. The van der Waals surface area contributed by atoms with Crippen LogP contribution in [0.15, 0.2) is 42.5 Å². The standard InChI is InChI=1S/C20H18ClFNO4PS/c1-11-4-7-17(12(2)8-11)28(26,27-3)23-16-10-18(29-19(16)20(24)25)13-5-6-15(22)14(21)9-13/h4-10H,1-3H3,(H,23,26)(H,24,25). The number of carbonyl (C=O) groups is 1. The SMILES string of the molecule is COP(=O)(Nc1cc(-c2ccc(F)c(Cl)c2)sc1C(=O)O)c1ccc(C)cc1C. The molecule has 9 heteroatoms. The van der Waals surface area contributed by atoms with E-state index in [0.29, 0.717) is 15.7 Å². The predicted molar refractivity (Wildman–Crippen MR) is 115 cm³/mol. The van der Waals surface area contributed by atoms with E-state index in [0.717, 1.165) is 22.5 Å². The third kappa shape index (κ3) is 4.38. The molecule has 29 heavy (non-hydrogen) atoms. The summed E-state index contributed by atoms with van der Waals surface area (Å²) in [6.45, 7) is 3.73. The van der Waals surface area contributed by atoms with Crippen molar-refractivity contribution in [3.63, 3.8) is 0 Å². The molecule has 0 aliphatic carbocycles. The first-order valence-corrected chi connectivity index (χ1v) is 11.3. The van der Waals surface area contributed by atoms with Gasteiger partial charge in [-0.2, -0.15) is 0 Å². The molecule has 1 heterocycles. The molecule has 3 aromatic rings. The van der Waals surface area contributed by atoms with Gasteiger partial charge in [-0.15, -0.1) is 11.3 Å². The molecule has 0 bridgehead atoms. The molecule has 0 aliphatic heterocycles. The fourth-order valence-corrected chi connectivity index (χ4v) is 5.83. The topological polar surface area (TPSA) is 75.6 Å². The lowest BCUT2D eigenvalue weighted by molar-refractivity contribution is 0.0703. The number of aryl methyl sites for hydroxylation is 2. The van der Waals surface area contributed by atoms with Crippen LogP contribution in [-0.2, 0) is 9.09 Å². The number of benzene rings is 2. The fourth-order valence-electron chi connectivity index (χ4n) is 2.92. The Labute approximate surface area is 176 Å². The van der Waals surface area contributed by atoms with Crippen molar-refractivity contribution in [3.05, 3.63) is 69.3 Å². The van der Waals surface area contributed by atoms with Crippen LogP contribution in [0.1, 0.15) is 20.8 Å². The molecule has 0 radical (unpaired) electrons. The monoisotopic (exact) mass is 453 g/mol. The molecule has 1 unspecified atom stereocenters. The van der Waals surface area contributed by atoms with Crippen molar-refractivity contribution in [3.8, 4) is 10.4 Å². The van der Waals surface area contributed by atoms with E-state index in [9.17, 15) is 18.9 Å². The van der Waals surface area contributed by atoms with E-state index in [1.807, 2.05) is 26.0 Å². The molecular formula is C20H18ClFNO4PS. The Kier molecular flexibility index (Phi) is 6.15. The van der Waals surface area contributed by atoms with E-state index in [1.165, 1.54) is 25.3 Å². The molecule has 1 aromatic heterocycles. The highest BCUT2D eigenvalue weighted by Crippen LogP contribution is 2.48. The fraction of sp³-hybridized carbons (Fsp3) is 0.150. The van der Waals surface area contributed by atoms with Gasteiger partial charge in [0.2, 0.25) is 0 Å². The van der Waals surface area contributed by atoms with E-state index in [2.05, 4.69) is 5.09 Å². The van der Waals surface area contributed by atoms with Crippen molar-refractivity contribution in [1.29, 1.82) is 0 Å². The zero-order valence-electron chi connectivity index (χ0n) is 15.8. The van der Waals surface area contributed by atoms with Crippen LogP contribution in [0.5, 0.6) is 0 Å².